The number of nitrogens with zero attached hydrogens (tertiary/aromatic N) is 6. The summed E-state index contributed by atoms with van der Waals surface area (Å²) < 4.78 is 0. The Labute approximate surface area is 305 Å². The molecule has 5 aromatic rings. The number of likely N-dealkylation sites (tertiary alicyclic amines) is 2. The zero-order valence-corrected chi connectivity index (χ0v) is 30.3. The van der Waals surface area contributed by atoms with Gasteiger partial charge in [-0.15, -0.1) is 0 Å². The Morgan fingerprint density at radius 2 is 1.84 bits per heavy atom. The van der Waals surface area contributed by atoms with Crippen molar-refractivity contribution in [3.05, 3.63) is 111 Å². The van der Waals surface area contributed by atoms with E-state index in [0.717, 1.165) is 77.0 Å². The number of aliphatic hydroxyl groups excluding tert-OH is 1. The molecule has 2 aliphatic rings. The van der Waals surface area contributed by atoms with Gasteiger partial charge in [-0.25, -0.2) is 4.98 Å². The Kier molecular flexibility index (Phi) is 10.4. The van der Waals surface area contributed by atoms with Crippen molar-refractivity contribution < 1.29 is 5.11 Å². The first-order valence-corrected chi connectivity index (χ1v) is 18.3. The van der Waals surface area contributed by atoms with Crippen LogP contribution in [0.4, 0.5) is 11.5 Å². The van der Waals surface area contributed by atoms with E-state index in [1.54, 1.807) is 12.4 Å². The maximum Gasteiger partial charge on any atom is 0.156 e. The van der Waals surface area contributed by atoms with Crippen LogP contribution in [-0.4, -0.2) is 61.6 Å². The number of β-amino-alcohol motifs (C(OH)–C–C–N with tert-alkyl or cyclic N) is 1. The average Bonchev–Trinajstić information content (AvgIpc) is 3.54. The number of hydrogen-bond acceptors (Lipinski definition) is 8. The van der Waals surface area contributed by atoms with E-state index in [1.165, 1.54) is 30.4 Å². The molecular formula is C42H44ClN7O. The molecule has 7 rings (SSSR count). The lowest BCUT2D eigenvalue weighted by molar-refractivity contribution is 0.152. The summed E-state index contributed by atoms with van der Waals surface area (Å²) in [4.78, 5) is 18.8. The van der Waals surface area contributed by atoms with Crippen LogP contribution in [0.5, 0.6) is 0 Å². The quantitative estimate of drug-likeness (QED) is 0.158. The summed E-state index contributed by atoms with van der Waals surface area (Å²) in [6.07, 6.45) is 13.6. The van der Waals surface area contributed by atoms with E-state index in [-0.39, 0.29) is 6.10 Å². The molecule has 0 saturated carbocycles. The Morgan fingerprint density at radius 1 is 0.980 bits per heavy atom. The lowest BCUT2D eigenvalue weighted by Gasteiger charge is -2.33. The van der Waals surface area contributed by atoms with Crippen LogP contribution in [-0.2, 0) is 13.1 Å². The van der Waals surface area contributed by atoms with Gasteiger partial charge in [0.15, 0.2) is 5.82 Å². The number of aliphatic hydroxyl groups is 1. The smallest absolute Gasteiger partial charge is 0.156 e. The molecule has 260 valence electrons. The molecule has 2 aromatic carbocycles. The summed E-state index contributed by atoms with van der Waals surface area (Å²) in [5.41, 5.74) is 9.95. The number of nitrogens with one attached hydrogen (secondary N) is 1. The summed E-state index contributed by atoms with van der Waals surface area (Å²) in [5, 5.41) is 25.5. The highest BCUT2D eigenvalue weighted by molar-refractivity contribution is 6.32. The first kappa shape index (κ1) is 34.8. The van der Waals surface area contributed by atoms with Crippen LogP contribution in [0.25, 0.3) is 34.2 Å². The summed E-state index contributed by atoms with van der Waals surface area (Å²) in [5.74, 6) is 0.665. The molecule has 0 aliphatic carbocycles. The minimum Gasteiger partial charge on any atom is -0.392 e. The molecule has 5 heterocycles. The topological polar surface area (TPSA) is 101 Å². The number of rotatable bonds is 9. The van der Waals surface area contributed by atoms with Crippen molar-refractivity contribution in [2.45, 2.75) is 71.7 Å². The number of aromatic nitrogens is 3. The summed E-state index contributed by atoms with van der Waals surface area (Å²) in [6, 6.07) is 19.3. The van der Waals surface area contributed by atoms with Crippen LogP contribution in [0.1, 0.15) is 71.7 Å². The van der Waals surface area contributed by atoms with Gasteiger partial charge in [0.1, 0.15) is 11.6 Å². The number of anilines is 2. The van der Waals surface area contributed by atoms with Crippen LogP contribution < -0.4 is 5.32 Å². The second-order valence-corrected chi connectivity index (χ2v) is 14.4. The number of nitriles is 1. The summed E-state index contributed by atoms with van der Waals surface area (Å²) in [7, 11) is 0. The highest BCUT2D eigenvalue weighted by atomic mass is 35.5. The van der Waals surface area contributed by atoms with Gasteiger partial charge in [-0.2, -0.15) is 5.26 Å². The predicted molar refractivity (Wildman–Crippen MR) is 207 cm³/mol. The molecule has 51 heavy (non-hydrogen) atoms. The number of pyridine rings is 3. The number of aryl methyl sites for hydroxylation is 1. The van der Waals surface area contributed by atoms with Crippen molar-refractivity contribution in [1.82, 2.24) is 24.8 Å². The third-order valence-electron chi connectivity index (χ3n) is 10.5. The van der Waals surface area contributed by atoms with Crippen LogP contribution in [0.15, 0.2) is 67.1 Å². The molecule has 2 fully saturated rings. The molecule has 0 radical (unpaired) electrons. The van der Waals surface area contributed by atoms with Gasteiger partial charge >= 0.3 is 0 Å². The Morgan fingerprint density at radius 3 is 2.65 bits per heavy atom. The Balaban J connectivity index is 1.13. The van der Waals surface area contributed by atoms with Crippen molar-refractivity contribution in [1.29, 1.82) is 5.26 Å². The van der Waals surface area contributed by atoms with Gasteiger partial charge in [0.2, 0.25) is 0 Å². The van der Waals surface area contributed by atoms with Crippen molar-refractivity contribution in [3.63, 3.8) is 0 Å². The van der Waals surface area contributed by atoms with Gasteiger partial charge in [0.05, 0.1) is 17.4 Å². The number of halogens is 1. The first-order chi connectivity index (χ1) is 24.8. The van der Waals surface area contributed by atoms with E-state index in [0.29, 0.717) is 34.7 Å². The van der Waals surface area contributed by atoms with E-state index >= 15 is 0 Å². The van der Waals surface area contributed by atoms with Gasteiger partial charge in [0.25, 0.3) is 0 Å². The number of benzene rings is 2. The zero-order chi connectivity index (χ0) is 35.5. The third-order valence-corrected chi connectivity index (χ3v) is 10.8. The maximum atomic E-state index is 10.4. The first-order valence-electron chi connectivity index (χ1n) is 17.9. The van der Waals surface area contributed by atoms with E-state index in [4.69, 9.17) is 16.6 Å². The van der Waals surface area contributed by atoms with Crippen LogP contribution in [0.2, 0.25) is 5.02 Å². The van der Waals surface area contributed by atoms with Gasteiger partial charge < -0.3 is 10.4 Å². The van der Waals surface area contributed by atoms with Crippen LogP contribution in [0.3, 0.4) is 0 Å². The molecular weight excluding hydrogens is 654 g/mol. The summed E-state index contributed by atoms with van der Waals surface area (Å²) in [6.45, 7) is 10.9. The number of fused-ring (bicyclic) bond motifs is 1. The molecule has 0 unspecified atom stereocenters. The van der Waals surface area contributed by atoms with Crippen molar-refractivity contribution >= 4 is 46.2 Å². The van der Waals surface area contributed by atoms with E-state index in [1.807, 2.05) is 55.6 Å². The van der Waals surface area contributed by atoms with Crippen molar-refractivity contribution in [2.75, 3.05) is 25.0 Å². The molecule has 2 N–H and O–H groups in total. The molecule has 0 spiro atoms. The molecule has 2 aliphatic heterocycles. The molecule has 8 nitrogen and oxygen atoms in total. The van der Waals surface area contributed by atoms with Crippen molar-refractivity contribution in [3.8, 4) is 17.2 Å². The maximum absolute atomic E-state index is 10.4. The monoisotopic (exact) mass is 697 g/mol. The second kappa shape index (κ2) is 15.3. The summed E-state index contributed by atoms with van der Waals surface area (Å²) >= 11 is 6.83. The lowest BCUT2D eigenvalue weighted by atomic mass is 9.94. The molecule has 3 aromatic heterocycles. The molecule has 0 amide bonds. The Bertz CT molecular complexity index is 2140. The average molecular weight is 698 g/mol. The van der Waals surface area contributed by atoms with Gasteiger partial charge in [-0.1, -0.05) is 42.3 Å². The SMILES string of the molecule is Cc1cc(/C=C/c2nccc(-c3cccc(Nc4nccc5cc(CN6CC[C@@H](O)C6)cnc45)c3C)c2C#N)c(Cl)cc1CN1CCCC[C@H]1C. The Hall–Kier alpha value is -4.65. The molecule has 9 heteroatoms. The lowest BCUT2D eigenvalue weighted by Crippen LogP contribution is -2.36. The van der Waals surface area contributed by atoms with Crippen LogP contribution >= 0.6 is 11.6 Å². The van der Waals surface area contributed by atoms with Crippen LogP contribution in [0, 0.1) is 25.2 Å². The van der Waals surface area contributed by atoms with Gasteiger partial charge in [0, 0.05) is 72.5 Å². The van der Waals surface area contributed by atoms with E-state index in [2.05, 4.69) is 63.2 Å². The highest BCUT2D eigenvalue weighted by Gasteiger charge is 2.21. The minimum absolute atomic E-state index is 0.249. The van der Waals surface area contributed by atoms with Gasteiger partial charge in [-0.3, -0.25) is 19.8 Å². The van der Waals surface area contributed by atoms with E-state index in [9.17, 15) is 10.4 Å². The fraction of sp³-hybridized carbons (Fsp3) is 0.333. The second-order valence-electron chi connectivity index (χ2n) is 14.0. The standard InChI is InChI=1S/C42H44ClN7O/c1-27-19-31(38(43)21-33(27)25-50-17-5-4-7-28(50)2)10-11-40-37(22-44)36(13-16-45-40)35-8-6-9-39(29(35)3)48-42-41-32(12-15-46-42)20-30(23-47-41)24-49-18-14-34(51)26-49/h6,8-13,15-16,19-21,23,28,34,51H,4-5,7,14,17-18,24-26H2,1-3H3,(H,46,48)/b11-10+/t28-,34-/m1/s1. The van der Waals surface area contributed by atoms with Crippen molar-refractivity contribution in [2.24, 2.45) is 0 Å². The number of piperidine rings is 1. The molecule has 2 saturated heterocycles. The highest BCUT2D eigenvalue weighted by Crippen LogP contribution is 2.35. The normalized spacial score (nSPS) is 18.4. The molecule has 0 bridgehead atoms. The van der Waals surface area contributed by atoms with Gasteiger partial charge in [-0.05, 0) is 116 Å². The fourth-order valence-electron chi connectivity index (χ4n) is 7.46. The number of hydrogen-bond donors (Lipinski definition) is 2. The fourth-order valence-corrected chi connectivity index (χ4v) is 7.71. The predicted octanol–water partition coefficient (Wildman–Crippen LogP) is 8.69. The molecule has 2 atom stereocenters. The van der Waals surface area contributed by atoms with E-state index < -0.39 is 0 Å². The minimum atomic E-state index is -0.249. The largest absolute Gasteiger partial charge is 0.392 e. The zero-order valence-electron chi connectivity index (χ0n) is 29.5. The third kappa shape index (κ3) is 7.68.